The SMILES string of the molecule is C/C(=N\Nc1nnc(SCc2cccc(C)c2)n1N)c1ccccc1. The Morgan fingerprint density at radius 3 is 2.72 bits per heavy atom. The van der Waals surface area contributed by atoms with Gasteiger partial charge in [-0.2, -0.15) is 5.10 Å². The second-order valence-corrected chi connectivity index (χ2v) is 6.57. The monoisotopic (exact) mass is 352 g/mol. The molecule has 2 aromatic carbocycles. The zero-order valence-electron chi connectivity index (χ0n) is 14.2. The molecular formula is C18H20N6S. The van der Waals surface area contributed by atoms with E-state index in [1.807, 2.05) is 43.3 Å². The zero-order chi connectivity index (χ0) is 17.6. The lowest BCUT2D eigenvalue weighted by Gasteiger charge is -2.05. The highest BCUT2D eigenvalue weighted by atomic mass is 32.2. The van der Waals surface area contributed by atoms with Crippen molar-refractivity contribution in [1.29, 1.82) is 0 Å². The minimum absolute atomic E-state index is 0.405. The topological polar surface area (TPSA) is 81.1 Å². The molecule has 0 saturated heterocycles. The third-order valence-electron chi connectivity index (χ3n) is 3.63. The molecule has 1 heterocycles. The number of hydrogen-bond donors (Lipinski definition) is 2. The predicted molar refractivity (Wildman–Crippen MR) is 103 cm³/mol. The number of nitrogens with one attached hydrogen (secondary N) is 1. The van der Waals surface area contributed by atoms with Gasteiger partial charge in [-0.05, 0) is 25.0 Å². The number of hydrogen-bond acceptors (Lipinski definition) is 6. The van der Waals surface area contributed by atoms with Gasteiger partial charge in [-0.1, -0.05) is 71.9 Å². The van der Waals surface area contributed by atoms with Gasteiger partial charge in [0, 0.05) is 5.75 Å². The van der Waals surface area contributed by atoms with Crippen LogP contribution in [-0.4, -0.2) is 20.6 Å². The van der Waals surface area contributed by atoms with Crippen molar-refractivity contribution >= 4 is 23.4 Å². The fourth-order valence-corrected chi connectivity index (χ4v) is 3.08. The molecule has 0 radical (unpaired) electrons. The highest BCUT2D eigenvalue weighted by Gasteiger charge is 2.10. The van der Waals surface area contributed by atoms with Crippen molar-refractivity contribution < 1.29 is 0 Å². The van der Waals surface area contributed by atoms with Crippen LogP contribution in [0.25, 0.3) is 0 Å². The van der Waals surface area contributed by atoms with Crippen LogP contribution in [-0.2, 0) is 5.75 Å². The lowest BCUT2D eigenvalue weighted by Crippen LogP contribution is -2.13. The van der Waals surface area contributed by atoms with Crippen molar-refractivity contribution in [2.45, 2.75) is 24.8 Å². The maximum Gasteiger partial charge on any atom is 0.264 e. The van der Waals surface area contributed by atoms with Crippen LogP contribution in [0.15, 0.2) is 64.9 Å². The van der Waals surface area contributed by atoms with E-state index in [1.54, 1.807) is 0 Å². The van der Waals surface area contributed by atoms with Crippen molar-refractivity contribution in [3.63, 3.8) is 0 Å². The maximum atomic E-state index is 6.06. The number of nitrogens with two attached hydrogens (primary N) is 1. The van der Waals surface area contributed by atoms with E-state index in [9.17, 15) is 0 Å². The number of benzene rings is 2. The average Bonchev–Trinajstić information content (AvgIpc) is 2.98. The molecule has 7 heteroatoms. The summed E-state index contributed by atoms with van der Waals surface area (Å²) in [5.74, 6) is 7.25. The van der Waals surface area contributed by atoms with E-state index < -0.39 is 0 Å². The van der Waals surface area contributed by atoms with Crippen LogP contribution in [0.1, 0.15) is 23.6 Å². The minimum atomic E-state index is 0.405. The summed E-state index contributed by atoms with van der Waals surface area (Å²) in [7, 11) is 0. The van der Waals surface area contributed by atoms with Gasteiger partial charge in [0.25, 0.3) is 5.95 Å². The molecule has 0 atom stereocenters. The van der Waals surface area contributed by atoms with Crippen molar-refractivity contribution in [3.8, 4) is 0 Å². The molecule has 0 aliphatic heterocycles. The Balaban J connectivity index is 1.65. The van der Waals surface area contributed by atoms with E-state index in [0.29, 0.717) is 11.1 Å². The van der Waals surface area contributed by atoms with Crippen molar-refractivity contribution in [3.05, 3.63) is 71.3 Å². The van der Waals surface area contributed by atoms with Crippen LogP contribution >= 0.6 is 11.8 Å². The van der Waals surface area contributed by atoms with Gasteiger partial charge in [0.1, 0.15) is 0 Å². The molecule has 0 aliphatic carbocycles. The summed E-state index contributed by atoms with van der Waals surface area (Å²) < 4.78 is 1.42. The van der Waals surface area contributed by atoms with Gasteiger partial charge in [-0.25, -0.2) is 10.1 Å². The number of hydrazone groups is 1. The lowest BCUT2D eigenvalue weighted by atomic mass is 10.1. The molecule has 3 aromatic rings. The van der Waals surface area contributed by atoms with Crippen LogP contribution in [0.4, 0.5) is 5.95 Å². The van der Waals surface area contributed by atoms with Gasteiger partial charge in [-0.3, -0.25) is 0 Å². The fourth-order valence-electron chi connectivity index (χ4n) is 2.28. The van der Waals surface area contributed by atoms with Gasteiger partial charge in [0.15, 0.2) is 0 Å². The van der Waals surface area contributed by atoms with Gasteiger partial charge < -0.3 is 5.84 Å². The number of aromatic nitrogens is 3. The first-order chi connectivity index (χ1) is 12.1. The summed E-state index contributed by atoms with van der Waals surface area (Å²) in [6.07, 6.45) is 0. The van der Waals surface area contributed by atoms with Gasteiger partial charge >= 0.3 is 0 Å². The smallest absolute Gasteiger partial charge is 0.264 e. The second kappa shape index (κ2) is 7.85. The van der Waals surface area contributed by atoms with Crippen LogP contribution in [0.3, 0.4) is 0 Å². The number of rotatable bonds is 6. The number of thioether (sulfide) groups is 1. The summed E-state index contributed by atoms with van der Waals surface area (Å²) in [4.78, 5) is 0. The van der Waals surface area contributed by atoms with Gasteiger partial charge in [0.05, 0.1) is 5.71 Å². The van der Waals surface area contributed by atoms with Crippen LogP contribution < -0.4 is 11.3 Å². The molecule has 0 bridgehead atoms. The molecular weight excluding hydrogens is 332 g/mol. The molecule has 6 nitrogen and oxygen atoms in total. The standard InChI is InChI=1S/C18H20N6S/c1-13-7-6-8-15(11-13)12-25-18-23-22-17(24(18)19)21-20-14(2)16-9-4-3-5-10-16/h3-11H,12,19H2,1-2H3,(H,21,22)/b20-14+. The normalized spacial score (nSPS) is 11.5. The summed E-state index contributed by atoms with van der Waals surface area (Å²) >= 11 is 1.54. The maximum absolute atomic E-state index is 6.06. The molecule has 25 heavy (non-hydrogen) atoms. The average molecular weight is 352 g/mol. The van der Waals surface area contributed by atoms with Crippen molar-refractivity contribution in [2.75, 3.05) is 11.3 Å². The number of anilines is 1. The number of nitrogen functional groups attached to an aromatic ring is 1. The lowest BCUT2D eigenvalue weighted by molar-refractivity contribution is 0.846. The number of aryl methyl sites for hydroxylation is 1. The Morgan fingerprint density at radius 1 is 1.16 bits per heavy atom. The highest BCUT2D eigenvalue weighted by Crippen LogP contribution is 2.22. The first-order valence-electron chi connectivity index (χ1n) is 7.88. The van der Waals surface area contributed by atoms with E-state index in [4.69, 9.17) is 5.84 Å². The van der Waals surface area contributed by atoms with Crippen LogP contribution in [0.5, 0.6) is 0 Å². The quantitative estimate of drug-likeness (QED) is 0.307. The van der Waals surface area contributed by atoms with E-state index >= 15 is 0 Å². The Labute approximate surface area is 151 Å². The van der Waals surface area contributed by atoms with Gasteiger partial charge in [-0.15, -0.1) is 10.2 Å². The number of nitrogens with zero attached hydrogens (tertiary/aromatic N) is 4. The van der Waals surface area contributed by atoms with Crippen molar-refractivity contribution in [2.24, 2.45) is 5.10 Å². The second-order valence-electron chi connectivity index (χ2n) is 5.63. The van der Waals surface area contributed by atoms with Crippen LogP contribution in [0.2, 0.25) is 0 Å². The highest BCUT2D eigenvalue weighted by molar-refractivity contribution is 7.98. The molecule has 0 amide bonds. The zero-order valence-corrected chi connectivity index (χ0v) is 15.0. The molecule has 3 N–H and O–H groups in total. The third-order valence-corrected chi connectivity index (χ3v) is 4.64. The molecule has 0 aliphatic rings. The van der Waals surface area contributed by atoms with Crippen LogP contribution in [0, 0.1) is 6.92 Å². The largest absolute Gasteiger partial charge is 0.334 e. The summed E-state index contributed by atoms with van der Waals surface area (Å²) in [6, 6.07) is 18.3. The summed E-state index contributed by atoms with van der Waals surface area (Å²) in [6.45, 7) is 4.00. The van der Waals surface area contributed by atoms with E-state index in [0.717, 1.165) is 17.0 Å². The Kier molecular flexibility index (Phi) is 5.35. The summed E-state index contributed by atoms with van der Waals surface area (Å²) in [5.41, 5.74) is 7.22. The molecule has 1 aromatic heterocycles. The Bertz CT molecular complexity index is 872. The minimum Gasteiger partial charge on any atom is -0.334 e. The molecule has 0 spiro atoms. The van der Waals surface area contributed by atoms with E-state index in [1.165, 1.54) is 27.6 Å². The predicted octanol–water partition coefficient (Wildman–Crippen LogP) is 3.43. The Morgan fingerprint density at radius 2 is 1.96 bits per heavy atom. The first-order valence-corrected chi connectivity index (χ1v) is 8.86. The fraction of sp³-hybridized carbons (Fsp3) is 0.167. The Hall–Kier alpha value is -2.80. The van der Waals surface area contributed by atoms with Gasteiger partial charge in [0.2, 0.25) is 5.16 Å². The molecule has 3 rings (SSSR count). The molecule has 0 unspecified atom stereocenters. The molecule has 128 valence electrons. The first kappa shape index (κ1) is 17.0. The summed E-state index contributed by atoms with van der Waals surface area (Å²) in [5, 5.41) is 13.1. The molecule has 0 fully saturated rings. The van der Waals surface area contributed by atoms with E-state index in [-0.39, 0.29) is 0 Å². The molecule has 0 saturated carbocycles. The third kappa shape index (κ3) is 4.39. The van der Waals surface area contributed by atoms with E-state index in [2.05, 4.69) is 45.8 Å². The van der Waals surface area contributed by atoms with Crippen molar-refractivity contribution in [1.82, 2.24) is 14.9 Å².